The number of aryl methyl sites for hydroxylation is 1. The predicted octanol–water partition coefficient (Wildman–Crippen LogP) is 2.49. The number of hydrogen-bond donors (Lipinski definition) is 1. The molecule has 0 aliphatic carbocycles. The van der Waals surface area contributed by atoms with Crippen LogP contribution in [0.3, 0.4) is 0 Å². The number of nitrogen functional groups attached to an aromatic ring is 1. The Hall–Kier alpha value is -1.32. The van der Waals surface area contributed by atoms with Crippen molar-refractivity contribution in [1.82, 2.24) is 9.97 Å². The molecule has 0 bridgehead atoms. The molecule has 4 heteroatoms. The Morgan fingerprint density at radius 3 is 2.38 bits per heavy atom. The average molecular weight is 223 g/mol. The minimum absolute atomic E-state index is 0.146. The lowest BCUT2D eigenvalue weighted by Crippen LogP contribution is -2.17. The number of rotatable bonds is 4. The minimum atomic E-state index is 0.146. The zero-order valence-corrected chi connectivity index (χ0v) is 10.7. The van der Waals surface area contributed by atoms with Crippen LogP contribution in [-0.2, 0) is 0 Å². The van der Waals surface area contributed by atoms with E-state index in [1.165, 1.54) is 0 Å². The molecule has 0 saturated heterocycles. The number of hydrogen-bond acceptors (Lipinski definition) is 4. The topological polar surface area (TPSA) is 61.0 Å². The molecule has 0 aromatic carbocycles. The van der Waals surface area contributed by atoms with Gasteiger partial charge < -0.3 is 10.5 Å². The highest BCUT2D eigenvalue weighted by molar-refractivity contribution is 5.44. The van der Waals surface area contributed by atoms with E-state index in [2.05, 4.69) is 23.8 Å². The largest absolute Gasteiger partial charge is 0.474 e. The Bertz CT molecular complexity index is 364. The monoisotopic (exact) mass is 223 g/mol. The maximum atomic E-state index is 5.79. The molecule has 0 aliphatic rings. The van der Waals surface area contributed by atoms with Gasteiger partial charge >= 0.3 is 0 Å². The second-order valence-electron chi connectivity index (χ2n) is 4.64. The Labute approximate surface area is 97.2 Å². The number of nitrogens with two attached hydrogens (primary N) is 1. The number of nitrogens with zero attached hydrogens (tertiary/aromatic N) is 2. The van der Waals surface area contributed by atoms with Crippen molar-refractivity contribution in [1.29, 1.82) is 0 Å². The lowest BCUT2D eigenvalue weighted by atomic mass is 10.1. The fraction of sp³-hybridized carbons (Fsp3) is 0.667. The second kappa shape index (κ2) is 5.14. The van der Waals surface area contributed by atoms with Crippen molar-refractivity contribution in [2.75, 3.05) is 5.73 Å². The van der Waals surface area contributed by atoms with Crippen molar-refractivity contribution in [2.45, 2.75) is 47.1 Å². The Morgan fingerprint density at radius 1 is 1.19 bits per heavy atom. The summed E-state index contributed by atoms with van der Waals surface area (Å²) < 4.78 is 5.79. The van der Waals surface area contributed by atoms with Gasteiger partial charge in [-0.3, -0.25) is 0 Å². The third kappa shape index (κ3) is 3.36. The maximum Gasteiger partial charge on any atom is 0.222 e. The van der Waals surface area contributed by atoms with Gasteiger partial charge in [0.2, 0.25) is 5.88 Å². The van der Waals surface area contributed by atoms with Crippen LogP contribution < -0.4 is 10.5 Å². The zero-order valence-electron chi connectivity index (χ0n) is 10.7. The van der Waals surface area contributed by atoms with Gasteiger partial charge in [-0.25, -0.2) is 4.98 Å². The summed E-state index contributed by atoms with van der Waals surface area (Å²) in [6.45, 7) is 10.1. The molecule has 0 amide bonds. The van der Waals surface area contributed by atoms with Crippen molar-refractivity contribution < 1.29 is 4.74 Å². The second-order valence-corrected chi connectivity index (χ2v) is 4.64. The van der Waals surface area contributed by atoms with Gasteiger partial charge in [0.1, 0.15) is 11.6 Å². The summed E-state index contributed by atoms with van der Waals surface area (Å²) in [5.74, 6) is 2.36. The first kappa shape index (κ1) is 12.7. The van der Waals surface area contributed by atoms with Crippen molar-refractivity contribution >= 4 is 5.82 Å². The molecule has 0 aliphatic heterocycles. The van der Waals surface area contributed by atoms with Gasteiger partial charge in [-0.1, -0.05) is 13.8 Å². The number of anilines is 1. The fourth-order valence-corrected chi connectivity index (χ4v) is 1.64. The summed E-state index contributed by atoms with van der Waals surface area (Å²) in [7, 11) is 0. The van der Waals surface area contributed by atoms with E-state index in [0.717, 1.165) is 12.0 Å². The normalized spacial score (nSPS) is 12.9. The molecule has 1 atom stereocenters. The van der Waals surface area contributed by atoms with Crippen molar-refractivity contribution in [3.63, 3.8) is 0 Å². The molecule has 1 rings (SSSR count). The van der Waals surface area contributed by atoms with Gasteiger partial charge in [-0.2, -0.15) is 4.98 Å². The van der Waals surface area contributed by atoms with E-state index >= 15 is 0 Å². The summed E-state index contributed by atoms with van der Waals surface area (Å²) in [5.41, 5.74) is 6.59. The lowest BCUT2D eigenvalue weighted by Gasteiger charge is -2.17. The highest BCUT2D eigenvalue weighted by Gasteiger charge is 2.12. The van der Waals surface area contributed by atoms with Crippen LogP contribution in [-0.4, -0.2) is 16.1 Å². The van der Waals surface area contributed by atoms with Crippen LogP contribution in [0.1, 0.15) is 38.6 Å². The van der Waals surface area contributed by atoms with Crippen LogP contribution in [0.25, 0.3) is 0 Å². The van der Waals surface area contributed by atoms with Crippen molar-refractivity contribution in [3.05, 3.63) is 11.4 Å². The molecule has 1 unspecified atom stereocenters. The first-order valence-corrected chi connectivity index (χ1v) is 5.67. The molecular weight excluding hydrogens is 202 g/mol. The van der Waals surface area contributed by atoms with Crippen LogP contribution >= 0.6 is 0 Å². The minimum Gasteiger partial charge on any atom is -0.474 e. The first-order chi connectivity index (χ1) is 7.40. The molecule has 0 spiro atoms. The average Bonchev–Trinajstić information content (AvgIpc) is 2.11. The van der Waals surface area contributed by atoms with Crippen molar-refractivity contribution in [3.8, 4) is 5.88 Å². The predicted molar refractivity (Wildman–Crippen MR) is 65.5 cm³/mol. The van der Waals surface area contributed by atoms with Crippen LogP contribution in [0, 0.1) is 19.8 Å². The quantitative estimate of drug-likeness (QED) is 0.851. The summed E-state index contributed by atoms with van der Waals surface area (Å²) >= 11 is 0. The van der Waals surface area contributed by atoms with Crippen molar-refractivity contribution in [2.24, 2.45) is 5.92 Å². The van der Waals surface area contributed by atoms with E-state index in [9.17, 15) is 0 Å². The molecule has 4 nitrogen and oxygen atoms in total. The Balaban J connectivity index is 2.80. The van der Waals surface area contributed by atoms with Gasteiger partial charge in [0, 0.05) is 0 Å². The molecule has 0 radical (unpaired) electrons. The lowest BCUT2D eigenvalue weighted by molar-refractivity contribution is 0.184. The smallest absolute Gasteiger partial charge is 0.222 e. The summed E-state index contributed by atoms with van der Waals surface area (Å²) in [6, 6.07) is 0. The molecule has 0 fully saturated rings. The van der Waals surface area contributed by atoms with E-state index in [4.69, 9.17) is 10.5 Å². The van der Waals surface area contributed by atoms with Gasteiger partial charge in [0.25, 0.3) is 0 Å². The Morgan fingerprint density at radius 2 is 1.81 bits per heavy atom. The van der Waals surface area contributed by atoms with Gasteiger partial charge in [-0.15, -0.1) is 0 Å². The van der Waals surface area contributed by atoms with E-state index in [1.807, 2.05) is 20.8 Å². The van der Waals surface area contributed by atoms with Crippen LogP contribution in [0.2, 0.25) is 0 Å². The molecule has 16 heavy (non-hydrogen) atoms. The fourth-order valence-electron chi connectivity index (χ4n) is 1.64. The number of ether oxygens (including phenoxy) is 1. The van der Waals surface area contributed by atoms with E-state index in [0.29, 0.717) is 23.4 Å². The van der Waals surface area contributed by atoms with E-state index < -0.39 is 0 Å². The van der Waals surface area contributed by atoms with E-state index in [1.54, 1.807) is 0 Å². The highest BCUT2D eigenvalue weighted by Crippen LogP contribution is 2.21. The first-order valence-electron chi connectivity index (χ1n) is 5.67. The molecular formula is C12H21N3O. The zero-order chi connectivity index (χ0) is 12.3. The van der Waals surface area contributed by atoms with Crippen LogP contribution in [0.5, 0.6) is 5.88 Å². The van der Waals surface area contributed by atoms with Gasteiger partial charge in [-0.05, 0) is 33.1 Å². The molecule has 0 saturated carbocycles. The third-order valence-corrected chi connectivity index (χ3v) is 2.37. The van der Waals surface area contributed by atoms with Crippen LogP contribution in [0.4, 0.5) is 5.82 Å². The maximum absolute atomic E-state index is 5.79. The van der Waals surface area contributed by atoms with Crippen LogP contribution in [0.15, 0.2) is 0 Å². The summed E-state index contributed by atoms with van der Waals surface area (Å²) in [5, 5.41) is 0. The third-order valence-electron chi connectivity index (χ3n) is 2.37. The molecule has 1 aromatic heterocycles. The molecule has 1 aromatic rings. The SMILES string of the molecule is Cc1nc(N)c(C)c(OC(C)CC(C)C)n1. The standard InChI is InChI=1S/C12H21N3O/c1-7(2)6-8(3)16-12-9(4)11(13)14-10(5)15-12/h7-8H,6H2,1-5H3,(H2,13,14,15). The number of aromatic nitrogens is 2. The van der Waals surface area contributed by atoms with Gasteiger partial charge in [0.05, 0.1) is 11.7 Å². The van der Waals surface area contributed by atoms with Gasteiger partial charge in [0.15, 0.2) is 0 Å². The van der Waals surface area contributed by atoms with E-state index in [-0.39, 0.29) is 6.10 Å². The molecule has 90 valence electrons. The summed E-state index contributed by atoms with van der Waals surface area (Å²) in [4.78, 5) is 8.36. The Kier molecular flexibility index (Phi) is 4.10. The molecule has 1 heterocycles. The summed E-state index contributed by atoms with van der Waals surface area (Å²) in [6.07, 6.45) is 1.15. The molecule has 2 N–H and O–H groups in total. The highest BCUT2D eigenvalue weighted by atomic mass is 16.5.